The monoisotopic (exact) mass is 305 g/mol. The Labute approximate surface area is 109 Å². The zero-order valence-corrected chi connectivity index (χ0v) is 11.1. The number of hydrogen-bond acceptors (Lipinski definition) is 5. The van der Waals surface area contributed by atoms with Crippen LogP contribution in [0, 0.1) is 0 Å². The highest BCUT2D eigenvalue weighted by atomic mass is 32.2. The summed E-state index contributed by atoms with van der Waals surface area (Å²) in [5.41, 5.74) is 5.55. The Hall–Kier alpha value is -1.26. The first-order valence-corrected chi connectivity index (χ1v) is 7.97. The summed E-state index contributed by atoms with van der Waals surface area (Å²) in [5.74, 6) is 0. The van der Waals surface area contributed by atoms with Crippen LogP contribution in [-0.2, 0) is 20.2 Å². The normalized spacial score (nSPS) is 23.6. The van der Waals surface area contributed by atoms with Crippen molar-refractivity contribution in [1.82, 2.24) is 0 Å². The molecule has 0 fully saturated rings. The molecule has 0 saturated carbocycles. The van der Waals surface area contributed by atoms with Crippen molar-refractivity contribution in [1.29, 1.82) is 0 Å². The van der Waals surface area contributed by atoms with Gasteiger partial charge in [0.05, 0.1) is 4.91 Å². The largest absolute Gasteiger partial charge is 0.307 e. The van der Waals surface area contributed by atoms with Gasteiger partial charge in [-0.25, -0.2) is 0 Å². The van der Waals surface area contributed by atoms with Crippen molar-refractivity contribution in [3.8, 4) is 0 Å². The van der Waals surface area contributed by atoms with E-state index in [1.54, 1.807) is 6.07 Å². The molecule has 104 valence electrons. The van der Waals surface area contributed by atoms with Crippen LogP contribution in [0.3, 0.4) is 0 Å². The summed E-state index contributed by atoms with van der Waals surface area (Å²) < 4.78 is 63.6. The van der Waals surface area contributed by atoms with Crippen molar-refractivity contribution < 1.29 is 25.9 Å². The molecular formula is C10H11NO6S2. The van der Waals surface area contributed by atoms with E-state index in [4.69, 9.17) is 10.3 Å². The molecule has 0 bridgehead atoms. The number of nitrogens with two attached hydrogens (primary N) is 1. The molecule has 9 heteroatoms. The van der Waals surface area contributed by atoms with E-state index in [-0.39, 0.29) is 10.4 Å². The van der Waals surface area contributed by atoms with E-state index in [2.05, 4.69) is 0 Å². The summed E-state index contributed by atoms with van der Waals surface area (Å²) in [4.78, 5) is -2.82. The van der Waals surface area contributed by atoms with E-state index in [9.17, 15) is 21.4 Å². The third-order valence-electron chi connectivity index (χ3n) is 2.89. The molecule has 0 heterocycles. The molecule has 1 atom stereocenters. The molecule has 0 amide bonds. The van der Waals surface area contributed by atoms with Gasteiger partial charge in [0.25, 0.3) is 20.2 Å². The van der Waals surface area contributed by atoms with Gasteiger partial charge in [0.15, 0.2) is 4.87 Å². The Bertz CT molecular complexity index is 856. The van der Waals surface area contributed by atoms with Crippen molar-refractivity contribution in [2.24, 2.45) is 5.73 Å². The van der Waals surface area contributed by atoms with Gasteiger partial charge in [-0.05, 0) is 16.5 Å². The second-order valence-electron chi connectivity index (χ2n) is 4.24. The van der Waals surface area contributed by atoms with Gasteiger partial charge in [0, 0.05) is 6.42 Å². The Morgan fingerprint density at radius 1 is 1.11 bits per heavy atom. The SMILES string of the molecule is NC1(S(=O)(=O)O)C=c2ccccc2=C(S(=O)(=O)O)C1. The maximum Gasteiger partial charge on any atom is 0.291 e. The first-order valence-electron chi connectivity index (χ1n) is 5.09. The van der Waals surface area contributed by atoms with Crippen LogP contribution in [0.25, 0.3) is 11.0 Å². The zero-order valence-electron chi connectivity index (χ0n) is 9.52. The van der Waals surface area contributed by atoms with Crippen LogP contribution in [0.1, 0.15) is 6.42 Å². The summed E-state index contributed by atoms with van der Waals surface area (Å²) in [6, 6.07) is 5.94. The lowest BCUT2D eigenvalue weighted by Gasteiger charge is -2.25. The molecule has 0 saturated heterocycles. The third kappa shape index (κ3) is 2.42. The highest BCUT2D eigenvalue weighted by Crippen LogP contribution is 2.26. The molecule has 0 spiro atoms. The van der Waals surface area contributed by atoms with Gasteiger partial charge in [0.1, 0.15) is 0 Å². The molecule has 0 radical (unpaired) electrons. The van der Waals surface area contributed by atoms with Crippen LogP contribution in [-0.4, -0.2) is 30.8 Å². The van der Waals surface area contributed by atoms with E-state index in [0.717, 1.165) is 6.08 Å². The molecule has 1 aromatic rings. The fourth-order valence-corrected chi connectivity index (χ4v) is 3.51. The summed E-state index contributed by atoms with van der Waals surface area (Å²) in [6.07, 6.45) is 0.327. The number of fused-ring (bicyclic) bond motifs is 1. The average Bonchev–Trinajstić information content (AvgIpc) is 2.25. The van der Waals surface area contributed by atoms with Crippen molar-refractivity contribution >= 4 is 31.2 Å². The molecule has 2 rings (SSSR count). The van der Waals surface area contributed by atoms with Crippen LogP contribution >= 0.6 is 0 Å². The molecule has 1 aliphatic carbocycles. The van der Waals surface area contributed by atoms with Crippen LogP contribution < -0.4 is 16.2 Å². The van der Waals surface area contributed by atoms with E-state index < -0.39 is 36.4 Å². The highest BCUT2D eigenvalue weighted by molar-refractivity contribution is 7.95. The molecule has 0 aromatic heterocycles. The molecule has 1 aromatic carbocycles. The summed E-state index contributed by atoms with van der Waals surface area (Å²) in [6.45, 7) is 0. The highest BCUT2D eigenvalue weighted by Gasteiger charge is 2.41. The Morgan fingerprint density at radius 3 is 2.21 bits per heavy atom. The average molecular weight is 305 g/mol. The first kappa shape index (κ1) is 14.2. The van der Waals surface area contributed by atoms with Gasteiger partial charge in [-0.3, -0.25) is 9.11 Å². The minimum atomic E-state index is -4.74. The summed E-state index contributed by atoms with van der Waals surface area (Å²) in [5, 5.41) is 0.372. The maximum atomic E-state index is 11.3. The molecule has 1 aliphatic rings. The van der Waals surface area contributed by atoms with Gasteiger partial charge in [-0.1, -0.05) is 24.3 Å². The minimum absolute atomic E-state index is 0.162. The predicted molar refractivity (Wildman–Crippen MR) is 68.2 cm³/mol. The molecular weight excluding hydrogens is 294 g/mol. The minimum Gasteiger partial charge on any atom is -0.307 e. The second kappa shape index (κ2) is 4.12. The van der Waals surface area contributed by atoms with Crippen LogP contribution in [0.4, 0.5) is 0 Å². The van der Waals surface area contributed by atoms with E-state index in [1.807, 2.05) is 0 Å². The van der Waals surface area contributed by atoms with E-state index in [1.165, 1.54) is 18.2 Å². The zero-order chi connectivity index (χ0) is 14.5. The lowest BCUT2D eigenvalue weighted by atomic mass is 10.0. The molecule has 1 unspecified atom stereocenters. The lowest BCUT2D eigenvalue weighted by Crippen LogP contribution is -2.52. The van der Waals surface area contributed by atoms with Gasteiger partial charge in [-0.2, -0.15) is 16.8 Å². The quantitative estimate of drug-likeness (QED) is 0.560. The van der Waals surface area contributed by atoms with Crippen molar-refractivity contribution in [3.05, 3.63) is 34.7 Å². The standard InChI is InChI=1S/C10H11NO6S2/c11-10(19(15,16)17)5-7-3-1-2-4-8(7)9(6-10)18(12,13)14/h1-5H,6,11H2,(H,12,13,14)(H,15,16,17). The molecule has 19 heavy (non-hydrogen) atoms. The molecule has 4 N–H and O–H groups in total. The second-order valence-corrected chi connectivity index (χ2v) is 7.39. The smallest absolute Gasteiger partial charge is 0.291 e. The van der Waals surface area contributed by atoms with Crippen molar-refractivity contribution in [2.75, 3.05) is 0 Å². The van der Waals surface area contributed by atoms with Crippen LogP contribution in [0.15, 0.2) is 24.3 Å². The number of rotatable bonds is 2. The van der Waals surface area contributed by atoms with Gasteiger partial charge < -0.3 is 5.73 Å². The van der Waals surface area contributed by atoms with Gasteiger partial charge in [0.2, 0.25) is 0 Å². The Morgan fingerprint density at radius 2 is 1.68 bits per heavy atom. The molecule has 0 aliphatic heterocycles. The topological polar surface area (TPSA) is 135 Å². The van der Waals surface area contributed by atoms with Gasteiger partial charge in [-0.15, -0.1) is 0 Å². The van der Waals surface area contributed by atoms with Gasteiger partial charge >= 0.3 is 0 Å². The fourth-order valence-electron chi connectivity index (χ4n) is 1.93. The van der Waals surface area contributed by atoms with Crippen LogP contribution in [0.5, 0.6) is 0 Å². The number of hydrogen-bond donors (Lipinski definition) is 3. The van der Waals surface area contributed by atoms with Crippen molar-refractivity contribution in [2.45, 2.75) is 11.3 Å². The third-order valence-corrected chi connectivity index (χ3v) is 5.10. The predicted octanol–water partition coefficient (Wildman–Crippen LogP) is -1.59. The van der Waals surface area contributed by atoms with Crippen LogP contribution in [0.2, 0.25) is 0 Å². The van der Waals surface area contributed by atoms with Crippen molar-refractivity contribution in [3.63, 3.8) is 0 Å². The van der Waals surface area contributed by atoms with E-state index in [0.29, 0.717) is 0 Å². The first-order chi connectivity index (χ1) is 8.55. The fraction of sp³-hybridized carbons (Fsp3) is 0.200. The Kier molecular flexibility index (Phi) is 3.07. The summed E-state index contributed by atoms with van der Waals surface area (Å²) >= 11 is 0. The number of benzene rings is 1. The van der Waals surface area contributed by atoms with E-state index >= 15 is 0 Å². The summed E-state index contributed by atoms with van der Waals surface area (Å²) in [7, 11) is -9.36. The lowest BCUT2D eigenvalue weighted by molar-refractivity contribution is 0.453. The maximum absolute atomic E-state index is 11.3. The Balaban J connectivity index is 2.94. The molecule has 7 nitrogen and oxygen atoms in total.